The quantitative estimate of drug-likeness (QED) is 0.916. The van der Waals surface area contributed by atoms with E-state index in [-0.39, 0.29) is 21.8 Å². The van der Waals surface area contributed by atoms with Gasteiger partial charge in [0, 0.05) is 0 Å². The second kappa shape index (κ2) is 5.68. The number of nitriles is 1. The maximum absolute atomic E-state index is 13.7. The average molecular weight is 293 g/mol. The van der Waals surface area contributed by atoms with Crippen molar-refractivity contribution in [3.63, 3.8) is 0 Å². The van der Waals surface area contributed by atoms with Crippen LogP contribution in [0.15, 0.2) is 36.4 Å². The number of hydrogen-bond donors (Lipinski definition) is 1. The van der Waals surface area contributed by atoms with E-state index in [9.17, 15) is 13.6 Å². The van der Waals surface area contributed by atoms with Crippen LogP contribution in [0.5, 0.6) is 0 Å². The number of nitrogens with zero attached hydrogens (tertiary/aromatic N) is 1. The first-order valence-electron chi connectivity index (χ1n) is 5.48. The van der Waals surface area contributed by atoms with Gasteiger partial charge in [0.15, 0.2) is 5.82 Å². The van der Waals surface area contributed by atoms with Crippen LogP contribution in [0.25, 0.3) is 0 Å². The minimum atomic E-state index is -0.854. The zero-order valence-corrected chi connectivity index (χ0v) is 10.7. The number of hydrogen-bond acceptors (Lipinski definition) is 2. The Bertz CT molecular complexity index is 726. The van der Waals surface area contributed by atoms with Crippen LogP contribution in [0.4, 0.5) is 14.5 Å². The van der Waals surface area contributed by atoms with E-state index >= 15 is 0 Å². The number of carbonyl (C=O) groups is 1. The molecule has 100 valence electrons. The first-order chi connectivity index (χ1) is 9.52. The maximum atomic E-state index is 13.7. The normalized spacial score (nSPS) is 9.90. The summed E-state index contributed by atoms with van der Waals surface area (Å²) in [4.78, 5) is 11.9. The lowest BCUT2D eigenvalue weighted by Gasteiger charge is -2.08. The number of halogens is 3. The van der Waals surface area contributed by atoms with Crippen molar-refractivity contribution in [3.05, 3.63) is 64.2 Å². The molecular weight excluding hydrogens is 286 g/mol. The third kappa shape index (κ3) is 2.76. The van der Waals surface area contributed by atoms with Gasteiger partial charge in [0.2, 0.25) is 0 Å². The Hall–Kier alpha value is -2.45. The molecule has 0 spiro atoms. The molecule has 1 amide bonds. The van der Waals surface area contributed by atoms with Crippen molar-refractivity contribution in [1.29, 1.82) is 5.26 Å². The van der Waals surface area contributed by atoms with Gasteiger partial charge in [0.1, 0.15) is 11.9 Å². The zero-order valence-electron chi connectivity index (χ0n) is 9.95. The summed E-state index contributed by atoms with van der Waals surface area (Å²) in [5.41, 5.74) is -0.218. The van der Waals surface area contributed by atoms with E-state index in [1.165, 1.54) is 24.3 Å². The number of benzene rings is 2. The fourth-order valence-corrected chi connectivity index (χ4v) is 1.76. The van der Waals surface area contributed by atoms with Gasteiger partial charge >= 0.3 is 0 Å². The van der Waals surface area contributed by atoms with Crippen LogP contribution in [-0.4, -0.2) is 5.91 Å². The van der Waals surface area contributed by atoms with Crippen molar-refractivity contribution >= 4 is 23.2 Å². The van der Waals surface area contributed by atoms with Crippen LogP contribution < -0.4 is 5.32 Å². The standard InChI is InChI=1S/C14H7ClF2N2O/c15-11-3-1-2-10(13(11)17)14(20)19-12-5-4-9(16)6-8(12)7-18/h1-6H,(H,19,20). The summed E-state index contributed by atoms with van der Waals surface area (Å²) in [5.74, 6) is -2.23. The van der Waals surface area contributed by atoms with Crippen LogP contribution in [-0.2, 0) is 0 Å². The first-order valence-corrected chi connectivity index (χ1v) is 5.85. The van der Waals surface area contributed by atoms with E-state index in [0.717, 1.165) is 12.1 Å². The van der Waals surface area contributed by atoms with Crippen LogP contribution in [0.3, 0.4) is 0 Å². The van der Waals surface area contributed by atoms with E-state index < -0.39 is 17.5 Å². The molecule has 1 N–H and O–H groups in total. The maximum Gasteiger partial charge on any atom is 0.258 e. The van der Waals surface area contributed by atoms with Crippen LogP contribution in [0.2, 0.25) is 5.02 Å². The lowest BCUT2D eigenvalue weighted by Crippen LogP contribution is -2.14. The predicted octanol–water partition coefficient (Wildman–Crippen LogP) is 3.74. The molecule has 2 aromatic carbocycles. The minimum Gasteiger partial charge on any atom is -0.321 e. The lowest BCUT2D eigenvalue weighted by atomic mass is 10.1. The van der Waals surface area contributed by atoms with Crippen molar-refractivity contribution in [2.24, 2.45) is 0 Å². The summed E-state index contributed by atoms with van der Waals surface area (Å²) in [6.45, 7) is 0. The Kier molecular flexibility index (Phi) is 3.97. The van der Waals surface area contributed by atoms with E-state index in [4.69, 9.17) is 16.9 Å². The smallest absolute Gasteiger partial charge is 0.258 e. The van der Waals surface area contributed by atoms with Crippen molar-refractivity contribution in [1.82, 2.24) is 0 Å². The Morgan fingerprint density at radius 3 is 2.70 bits per heavy atom. The number of carbonyl (C=O) groups excluding carboxylic acids is 1. The lowest BCUT2D eigenvalue weighted by molar-refractivity contribution is 0.102. The molecule has 0 atom stereocenters. The van der Waals surface area contributed by atoms with E-state index in [2.05, 4.69) is 5.32 Å². The van der Waals surface area contributed by atoms with Crippen LogP contribution >= 0.6 is 11.6 Å². The monoisotopic (exact) mass is 292 g/mol. The Labute approximate surface area is 118 Å². The summed E-state index contributed by atoms with van der Waals surface area (Å²) in [7, 11) is 0. The Morgan fingerprint density at radius 2 is 2.00 bits per heavy atom. The number of anilines is 1. The Balaban J connectivity index is 2.33. The van der Waals surface area contributed by atoms with Gasteiger partial charge in [-0.3, -0.25) is 4.79 Å². The first kappa shape index (κ1) is 14.0. The molecule has 0 aliphatic heterocycles. The number of nitrogens with one attached hydrogen (secondary N) is 1. The highest BCUT2D eigenvalue weighted by molar-refractivity contribution is 6.31. The van der Waals surface area contributed by atoms with Gasteiger partial charge in [0.05, 0.1) is 21.8 Å². The molecular formula is C14H7ClF2N2O. The van der Waals surface area contributed by atoms with Gasteiger partial charge in [-0.25, -0.2) is 8.78 Å². The van der Waals surface area contributed by atoms with Crippen molar-refractivity contribution in [2.75, 3.05) is 5.32 Å². The number of rotatable bonds is 2. The minimum absolute atomic E-state index is 0.0548. The second-order valence-corrected chi connectivity index (χ2v) is 4.26. The zero-order chi connectivity index (χ0) is 14.7. The molecule has 0 heterocycles. The van der Waals surface area contributed by atoms with Gasteiger partial charge in [0.25, 0.3) is 5.91 Å². The van der Waals surface area contributed by atoms with Crippen LogP contribution in [0.1, 0.15) is 15.9 Å². The van der Waals surface area contributed by atoms with Crippen molar-refractivity contribution < 1.29 is 13.6 Å². The highest BCUT2D eigenvalue weighted by Crippen LogP contribution is 2.21. The molecule has 0 aliphatic carbocycles. The number of amides is 1. The molecule has 3 nitrogen and oxygen atoms in total. The van der Waals surface area contributed by atoms with Gasteiger partial charge in [-0.2, -0.15) is 5.26 Å². The molecule has 2 rings (SSSR count). The van der Waals surface area contributed by atoms with Gasteiger partial charge in [-0.1, -0.05) is 17.7 Å². The summed E-state index contributed by atoms with van der Waals surface area (Å²) in [6, 6.07) is 9.03. The van der Waals surface area contributed by atoms with Gasteiger partial charge < -0.3 is 5.32 Å². The average Bonchev–Trinajstić information content (AvgIpc) is 2.43. The fraction of sp³-hybridized carbons (Fsp3) is 0. The summed E-state index contributed by atoms with van der Waals surface area (Å²) in [5, 5.41) is 11.0. The summed E-state index contributed by atoms with van der Waals surface area (Å²) in [6.07, 6.45) is 0. The molecule has 0 radical (unpaired) electrons. The molecule has 0 unspecified atom stereocenters. The third-order valence-corrected chi connectivity index (χ3v) is 2.84. The molecule has 0 aliphatic rings. The third-order valence-electron chi connectivity index (χ3n) is 2.55. The Morgan fingerprint density at radius 1 is 1.25 bits per heavy atom. The van der Waals surface area contributed by atoms with E-state index in [0.29, 0.717) is 0 Å². The fourth-order valence-electron chi connectivity index (χ4n) is 1.59. The van der Waals surface area contributed by atoms with Gasteiger partial charge in [-0.05, 0) is 30.3 Å². The topological polar surface area (TPSA) is 52.9 Å². The van der Waals surface area contributed by atoms with E-state index in [1.54, 1.807) is 6.07 Å². The van der Waals surface area contributed by atoms with E-state index in [1.807, 2.05) is 0 Å². The predicted molar refractivity (Wildman–Crippen MR) is 70.5 cm³/mol. The van der Waals surface area contributed by atoms with Crippen molar-refractivity contribution in [3.8, 4) is 6.07 Å². The molecule has 0 fully saturated rings. The molecule has 2 aromatic rings. The van der Waals surface area contributed by atoms with Crippen molar-refractivity contribution in [2.45, 2.75) is 0 Å². The molecule has 0 bridgehead atoms. The molecule has 0 saturated carbocycles. The summed E-state index contributed by atoms with van der Waals surface area (Å²) < 4.78 is 26.7. The van der Waals surface area contributed by atoms with Gasteiger partial charge in [-0.15, -0.1) is 0 Å². The molecule has 0 aromatic heterocycles. The van der Waals surface area contributed by atoms with Crippen LogP contribution in [0, 0.1) is 23.0 Å². The second-order valence-electron chi connectivity index (χ2n) is 3.86. The summed E-state index contributed by atoms with van der Waals surface area (Å²) >= 11 is 5.58. The largest absolute Gasteiger partial charge is 0.321 e. The highest BCUT2D eigenvalue weighted by Gasteiger charge is 2.15. The molecule has 6 heteroatoms. The highest BCUT2D eigenvalue weighted by atomic mass is 35.5. The molecule has 0 saturated heterocycles. The SMILES string of the molecule is N#Cc1cc(F)ccc1NC(=O)c1cccc(Cl)c1F. The molecule has 20 heavy (non-hydrogen) atoms.